The normalized spacial score (nSPS) is 20.2. The fourth-order valence-corrected chi connectivity index (χ4v) is 4.09. The molecule has 154 valence electrons. The number of amides is 1. The molecule has 3 heterocycles. The van der Waals surface area contributed by atoms with Gasteiger partial charge in [-0.25, -0.2) is 0 Å². The number of carboxylic acids is 1. The average Bonchev–Trinajstić information content (AvgIpc) is 2.73. The highest BCUT2D eigenvalue weighted by atomic mass is 16.4. The summed E-state index contributed by atoms with van der Waals surface area (Å²) in [4.78, 5) is 34.3. The minimum atomic E-state index is -0.711. The lowest BCUT2D eigenvalue weighted by atomic mass is 9.89. The number of carbonyl (C=O) groups is 2. The second-order valence-corrected chi connectivity index (χ2v) is 8.11. The van der Waals surface area contributed by atoms with E-state index < -0.39 is 5.97 Å². The van der Waals surface area contributed by atoms with Crippen molar-refractivity contribution in [2.24, 2.45) is 11.8 Å². The number of rotatable bonds is 7. The molecule has 2 saturated heterocycles. The lowest BCUT2D eigenvalue weighted by Gasteiger charge is -2.38. The summed E-state index contributed by atoms with van der Waals surface area (Å²) in [6.07, 6.45) is 7.30. The summed E-state index contributed by atoms with van der Waals surface area (Å²) in [5, 5.41) is 9.00. The maximum atomic E-state index is 12.7. The third kappa shape index (κ3) is 5.67. The average molecular weight is 389 g/mol. The number of piperazine rings is 1. The monoisotopic (exact) mass is 388 g/mol. The maximum absolute atomic E-state index is 12.7. The molecule has 28 heavy (non-hydrogen) atoms. The quantitative estimate of drug-likeness (QED) is 0.769. The molecule has 1 unspecified atom stereocenters. The van der Waals surface area contributed by atoms with E-state index in [0.717, 1.165) is 65.0 Å². The number of piperidine rings is 1. The zero-order valence-corrected chi connectivity index (χ0v) is 16.8. The molecule has 7 nitrogen and oxygen atoms in total. The second-order valence-electron chi connectivity index (χ2n) is 8.11. The Bertz CT molecular complexity index is 638. The molecule has 2 fully saturated rings. The maximum Gasteiger partial charge on any atom is 0.306 e. The van der Waals surface area contributed by atoms with Crippen LogP contribution in [-0.2, 0) is 9.59 Å². The lowest BCUT2D eigenvalue weighted by molar-refractivity contribution is -0.141. The Labute approximate surface area is 167 Å². The van der Waals surface area contributed by atoms with Gasteiger partial charge in [0.25, 0.3) is 0 Å². The Balaban J connectivity index is 1.35. The summed E-state index contributed by atoms with van der Waals surface area (Å²) < 4.78 is 0. The highest BCUT2D eigenvalue weighted by Crippen LogP contribution is 2.24. The van der Waals surface area contributed by atoms with E-state index in [2.05, 4.69) is 14.8 Å². The number of anilines is 1. The number of pyridine rings is 1. The molecule has 0 bridgehead atoms. The predicted octanol–water partition coefficient (Wildman–Crippen LogP) is 1.94. The van der Waals surface area contributed by atoms with Gasteiger partial charge >= 0.3 is 5.97 Å². The van der Waals surface area contributed by atoms with E-state index in [1.54, 1.807) is 6.92 Å². The zero-order chi connectivity index (χ0) is 19.9. The zero-order valence-electron chi connectivity index (χ0n) is 16.8. The molecular formula is C21H32N4O3. The van der Waals surface area contributed by atoms with Crippen LogP contribution >= 0.6 is 0 Å². The van der Waals surface area contributed by atoms with Crippen molar-refractivity contribution in [3.05, 3.63) is 24.5 Å². The summed E-state index contributed by atoms with van der Waals surface area (Å²) >= 11 is 0. The molecule has 1 aromatic rings. The Morgan fingerprint density at radius 3 is 2.36 bits per heavy atom. The molecule has 7 heteroatoms. The van der Waals surface area contributed by atoms with Crippen molar-refractivity contribution in [3.63, 3.8) is 0 Å². The van der Waals surface area contributed by atoms with Gasteiger partial charge in [0.15, 0.2) is 0 Å². The van der Waals surface area contributed by atoms with Crippen molar-refractivity contribution < 1.29 is 14.7 Å². The predicted molar refractivity (Wildman–Crippen MR) is 108 cm³/mol. The van der Waals surface area contributed by atoms with Crippen molar-refractivity contribution >= 4 is 17.6 Å². The molecule has 0 radical (unpaired) electrons. The van der Waals surface area contributed by atoms with Crippen LogP contribution in [0, 0.1) is 11.8 Å². The highest BCUT2D eigenvalue weighted by Gasteiger charge is 2.26. The van der Waals surface area contributed by atoms with E-state index in [-0.39, 0.29) is 11.8 Å². The molecule has 1 N–H and O–H groups in total. The van der Waals surface area contributed by atoms with Crippen molar-refractivity contribution in [1.29, 1.82) is 0 Å². The van der Waals surface area contributed by atoms with Crippen molar-refractivity contribution in [1.82, 2.24) is 14.8 Å². The largest absolute Gasteiger partial charge is 0.481 e. The van der Waals surface area contributed by atoms with E-state index >= 15 is 0 Å². The van der Waals surface area contributed by atoms with Crippen LogP contribution in [0.25, 0.3) is 0 Å². The Morgan fingerprint density at radius 1 is 1.11 bits per heavy atom. The van der Waals surface area contributed by atoms with Gasteiger partial charge in [-0.1, -0.05) is 6.92 Å². The number of likely N-dealkylation sites (tertiary alicyclic amines) is 1. The van der Waals surface area contributed by atoms with Gasteiger partial charge in [0, 0.05) is 57.3 Å². The summed E-state index contributed by atoms with van der Waals surface area (Å²) in [7, 11) is 0. The van der Waals surface area contributed by atoms with Crippen LogP contribution in [-0.4, -0.2) is 77.6 Å². The van der Waals surface area contributed by atoms with Gasteiger partial charge < -0.3 is 14.9 Å². The first kappa shape index (κ1) is 20.6. The first-order valence-electron chi connectivity index (χ1n) is 10.4. The van der Waals surface area contributed by atoms with Crippen LogP contribution in [0.4, 0.5) is 5.69 Å². The fourth-order valence-electron chi connectivity index (χ4n) is 4.09. The van der Waals surface area contributed by atoms with E-state index in [0.29, 0.717) is 12.5 Å². The van der Waals surface area contributed by atoms with Crippen LogP contribution in [0.15, 0.2) is 24.5 Å². The minimum Gasteiger partial charge on any atom is -0.481 e. The van der Waals surface area contributed by atoms with E-state index in [4.69, 9.17) is 5.11 Å². The van der Waals surface area contributed by atoms with Gasteiger partial charge in [-0.2, -0.15) is 0 Å². The summed E-state index contributed by atoms with van der Waals surface area (Å²) in [5.74, 6) is -0.202. The van der Waals surface area contributed by atoms with Gasteiger partial charge in [0.1, 0.15) is 0 Å². The number of aliphatic carboxylic acids is 1. The molecule has 0 aliphatic carbocycles. The van der Waals surface area contributed by atoms with Gasteiger partial charge in [0.2, 0.25) is 5.91 Å². The topological polar surface area (TPSA) is 77.0 Å². The first-order valence-corrected chi connectivity index (χ1v) is 10.4. The number of hydrogen-bond donors (Lipinski definition) is 1. The first-order chi connectivity index (χ1) is 13.5. The van der Waals surface area contributed by atoms with Crippen LogP contribution in [0.5, 0.6) is 0 Å². The molecular weight excluding hydrogens is 356 g/mol. The molecule has 0 spiro atoms. The molecule has 1 atom stereocenters. The molecule has 0 aromatic carbocycles. The second kappa shape index (κ2) is 9.87. The Kier molecular flexibility index (Phi) is 7.25. The molecule has 2 aliphatic rings. The summed E-state index contributed by atoms with van der Waals surface area (Å²) in [5.41, 5.74) is 1.19. The van der Waals surface area contributed by atoms with E-state index in [1.165, 1.54) is 5.69 Å². The smallest absolute Gasteiger partial charge is 0.306 e. The SMILES string of the molecule is CC(CCC1CCN(C(=O)CN2CCN(c3ccncc3)CC2)CC1)C(=O)O. The molecule has 0 saturated carbocycles. The van der Waals surface area contributed by atoms with Crippen LogP contribution in [0.3, 0.4) is 0 Å². The number of carbonyl (C=O) groups excluding carboxylic acids is 1. The summed E-state index contributed by atoms with van der Waals surface area (Å²) in [6.45, 7) is 7.56. The molecule has 3 rings (SSSR count). The summed E-state index contributed by atoms with van der Waals surface area (Å²) in [6, 6.07) is 4.06. The fraction of sp³-hybridized carbons (Fsp3) is 0.667. The molecule has 1 aromatic heterocycles. The Hall–Kier alpha value is -2.15. The number of nitrogens with zero attached hydrogens (tertiary/aromatic N) is 4. The number of carboxylic acid groups (broad SMARTS) is 1. The van der Waals surface area contributed by atoms with E-state index in [1.807, 2.05) is 29.4 Å². The van der Waals surface area contributed by atoms with Crippen LogP contribution in [0.2, 0.25) is 0 Å². The highest BCUT2D eigenvalue weighted by molar-refractivity contribution is 5.78. The standard InChI is InChI=1S/C21H32N4O3/c1-17(21(27)28)2-3-18-6-10-25(11-7-18)20(26)16-23-12-14-24(15-13-23)19-4-8-22-9-5-19/h4-5,8-9,17-18H,2-3,6-7,10-16H2,1H3,(H,27,28). The minimum absolute atomic E-state index is 0.231. The van der Waals surface area contributed by atoms with E-state index in [9.17, 15) is 9.59 Å². The van der Waals surface area contributed by atoms with Gasteiger partial charge in [0.05, 0.1) is 12.5 Å². The molecule has 2 aliphatic heterocycles. The third-order valence-electron chi connectivity index (χ3n) is 6.16. The van der Waals surface area contributed by atoms with Crippen molar-refractivity contribution in [2.75, 3.05) is 50.7 Å². The van der Waals surface area contributed by atoms with Crippen LogP contribution < -0.4 is 4.90 Å². The lowest BCUT2D eigenvalue weighted by Crippen LogP contribution is -2.51. The third-order valence-corrected chi connectivity index (χ3v) is 6.16. The number of hydrogen-bond acceptors (Lipinski definition) is 5. The van der Waals surface area contributed by atoms with Crippen LogP contribution in [0.1, 0.15) is 32.6 Å². The Morgan fingerprint density at radius 2 is 1.75 bits per heavy atom. The van der Waals surface area contributed by atoms with Crippen molar-refractivity contribution in [3.8, 4) is 0 Å². The number of aromatic nitrogens is 1. The van der Waals surface area contributed by atoms with Crippen molar-refractivity contribution in [2.45, 2.75) is 32.6 Å². The molecule has 1 amide bonds. The van der Waals surface area contributed by atoms with Gasteiger partial charge in [-0.15, -0.1) is 0 Å². The van der Waals surface area contributed by atoms with Gasteiger partial charge in [-0.3, -0.25) is 19.5 Å². The van der Waals surface area contributed by atoms with Gasteiger partial charge in [-0.05, 0) is 43.7 Å².